The Hall–Kier alpha value is -2.92. The number of carbonyl (C=O) groups excluding carboxylic acids is 1. The highest BCUT2D eigenvalue weighted by molar-refractivity contribution is 7.92. The van der Waals surface area contributed by atoms with Gasteiger partial charge in [-0.05, 0) is 74.4 Å². The molecule has 0 aromatic heterocycles. The third-order valence-electron chi connectivity index (χ3n) is 5.86. The van der Waals surface area contributed by atoms with Crippen molar-refractivity contribution in [3.8, 4) is 0 Å². The number of rotatable bonds is 7. The first-order valence-electron chi connectivity index (χ1n) is 11.4. The van der Waals surface area contributed by atoms with E-state index in [0.29, 0.717) is 18.8 Å². The van der Waals surface area contributed by atoms with Crippen LogP contribution >= 0.6 is 11.6 Å². The lowest BCUT2D eigenvalue weighted by Gasteiger charge is -2.25. The van der Waals surface area contributed by atoms with Crippen molar-refractivity contribution in [2.45, 2.75) is 36.0 Å². The van der Waals surface area contributed by atoms with E-state index in [-0.39, 0.29) is 26.1 Å². The van der Waals surface area contributed by atoms with Crippen molar-refractivity contribution in [2.75, 3.05) is 23.1 Å². The van der Waals surface area contributed by atoms with Crippen LogP contribution in [0.3, 0.4) is 0 Å². The summed E-state index contributed by atoms with van der Waals surface area (Å²) in [6.07, 6.45) is 2.71. The van der Waals surface area contributed by atoms with Gasteiger partial charge in [-0.3, -0.25) is 9.52 Å². The first kappa shape index (κ1) is 26.2. The van der Waals surface area contributed by atoms with E-state index < -0.39 is 26.0 Å². The van der Waals surface area contributed by atoms with Crippen LogP contribution in [-0.4, -0.2) is 40.1 Å². The second-order valence-electron chi connectivity index (χ2n) is 8.56. The zero-order chi connectivity index (χ0) is 25.9. The van der Waals surface area contributed by atoms with Crippen molar-refractivity contribution in [3.05, 3.63) is 82.9 Å². The van der Waals surface area contributed by atoms with Crippen LogP contribution in [0.25, 0.3) is 0 Å². The number of piperidine rings is 1. The van der Waals surface area contributed by atoms with Crippen molar-refractivity contribution in [1.82, 2.24) is 4.31 Å². The fourth-order valence-electron chi connectivity index (χ4n) is 3.86. The Morgan fingerprint density at radius 3 is 2.03 bits per heavy atom. The molecule has 1 aliphatic rings. The molecule has 0 radical (unpaired) electrons. The summed E-state index contributed by atoms with van der Waals surface area (Å²) >= 11 is 6.21. The van der Waals surface area contributed by atoms with Gasteiger partial charge in [0.05, 0.1) is 20.4 Å². The Labute approximate surface area is 216 Å². The largest absolute Gasteiger partial charge is 0.322 e. The predicted octanol–water partition coefficient (Wildman–Crippen LogP) is 4.88. The van der Waals surface area contributed by atoms with Crippen molar-refractivity contribution in [3.63, 3.8) is 0 Å². The molecule has 1 saturated heterocycles. The number of amides is 1. The minimum atomic E-state index is -3.86. The Kier molecular flexibility index (Phi) is 7.70. The van der Waals surface area contributed by atoms with Crippen LogP contribution in [0.5, 0.6) is 0 Å². The van der Waals surface area contributed by atoms with Crippen molar-refractivity contribution in [2.24, 2.45) is 0 Å². The molecule has 0 unspecified atom stereocenters. The monoisotopic (exact) mass is 547 g/mol. The number of nitrogens with one attached hydrogen (secondary N) is 2. The molecule has 11 heteroatoms. The van der Waals surface area contributed by atoms with Gasteiger partial charge >= 0.3 is 0 Å². The van der Waals surface area contributed by atoms with Crippen LogP contribution in [0.15, 0.2) is 76.5 Å². The Balaban J connectivity index is 1.49. The number of hydrogen-bond donors (Lipinski definition) is 2. The van der Waals surface area contributed by atoms with Crippen LogP contribution in [-0.2, 0) is 20.0 Å². The van der Waals surface area contributed by atoms with E-state index in [9.17, 15) is 21.6 Å². The molecule has 0 spiro atoms. The van der Waals surface area contributed by atoms with Gasteiger partial charge in [0.15, 0.2) is 0 Å². The normalized spacial score (nSPS) is 14.8. The van der Waals surface area contributed by atoms with Crippen LogP contribution in [0.2, 0.25) is 5.02 Å². The summed E-state index contributed by atoms with van der Waals surface area (Å²) in [4.78, 5) is 13.1. The molecular formula is C25H26ClN3O5S2. The third kappa shape index (κ3) is 5.89. The van der Waals surface area contributed by atoms with E-state index in [1.54, 1.807) is 12.1 Å². The van der Waals surface area contributed by atoms with Crippen LogP contribution in [0, 0.1) is 6.92 Å². The number of carbonyl (C=O) groups is 1. The topological polar surface area (TPSA) is 113 Å². The number of benzene rings is 3. The van der Waals surface area contributed by atoms with Crippen LogP contribution in [0.4, 0.5) is 11.4 Å². The maximum absolute atomic E-state index is 12.9. The van der Waals surface area contributed by atoms with Gasteiger partial charge in [0, 0.05) is 24.5 Å². The summed E-state index contributed by atoms with van der Waals surface area (Å²) in [5.74, 6) is -0.567. The highest BCUT2D eigenvalue weighted by Gasteiger charge is 2.26. The van der Waals surface area contributed by atoms with Gasteiger partial charge in [-0.1, -0.05) is 35.7 Å². The van der Waals surface area contributed by atoms with Crippen LogP contribution < -0.4 is 10.0 Å². The molecule has 1 fully saturated rings. The summed E-state index contributed by atoms with van der Waals surface area (Å²) in [5, 5.41) is 2.81. The summed E-state index contributed by atoms with van der Waals surface area (Å²) in [6, 6.07) is 16.5. The molecule has 2 N–H and O–H groups in total. The lowest BCUT2D eigenvalue weighted by molar-refractivity contribution is 0.102. The molecule has 36 heavy (non-hydrogen) atoms. The lowest BCUT2D eigenvalue weighted by Crippen LogP contribution is -2.35. The average molecular weight is 548 g/mol. The zero-order valence-electron chi connectivity index (χ0n) is 19.6. The van der Waals surface area contributed by atoms with Gasteiger partial charge in [-0.2, -0.15) is 4.31 Å². The molecule has 0 bridgehead atoms. The highest BCUT2D eigenvalue weighted by atomic mass is 35.5. The first-order chi connectivity index (χ1) is 17.1. The van der Waals surface area contributed by atoms with E-state index in [2.05, 4.69) is 10.0 Å². The number of aryl methyl sites for hydroxylation is 1. The predicted molar refractivity (Wildman–Crippen MR) is 140 cm³/mol. The molecule has 0 atom stereocenters. The molecule has 4 rings (SSSR count). The number of hydrogen-bond acceptors (Lipinski definition) is 5. The number of halogens is 1. The summed E-state index contributed by atoms with van der Waals surface area (Å²) in [6.45, 7) is 2.86. The second-order valence-corrected chi connectivity index (χ2v) is 12.6. The van der Waals surface area contributed by atoms with E-state index in [1.165, 1.54) is 58.9 Å². The fourth-order valence-corrected chi connectivity index (χ4v) is 6.63. The minimum absolute atomic E-state index is 0.0609. The third-order valence-corrected chi connectivity index (χ3v) is 9.50. The highest BCUT2D eigenvalue weighted by Crippen LogP contribution is 2.26. The molecule has 1 heterocycles. The molecule has 0 aliphatic carbocycles. The first-order valence-corrected chi connectivity index (χ1v) is 14.7. The number of nitrogens with zero attached hydrogens (tertiary/aromatic N) is 1. The van der Waals surface area contributed by atoms with Gasteiger partial charge in [0.25, 0.3) is 15.9 Å². The maximum Gasteiger partial charge on any atom is 0.261 e. The van der Waals surface area contributed by atoms with E-state index in [0.717, 1.165) is 24.8 Å². The van der Waals surface area contributed by atoms with Gasteiger partial charge in [-0.25, -0.2) is 16.8 Å². The molecule has 1 amide bonds. The van der Waals surface area contributed by atoms with Crippen molar-refractivity contribution >= 4 is 48.9 Å². The molecule has 190 valence electrons. The Morgan fingerprint density at radius 2 is 1.39 bits per heavy atom. The molecule has 1 aliphatic heterocycles. The standard InChI is InChI=1S/C25H26ClN3O5S2/c1-18-5-10-21(11-6-18)35(31,32)28-20-9-14-24(26)23(17-20)25(30)27-19-7-12-22(13-8-19)36(33,34)29-15-3-2-4-16-29/h5-14,17,28H,2-4,15-16H2,1H3,(H,27,30). The van der Waals surface area contributed by atoms with Gasteiger partial charge in [0.2, 0.25) is 10.0 Å². The Bertz CT molecular complexity index is 1470. The summed E-state index contributed by atoms with van der Waals surface area (Å²) in [7, 11) is -7.44. The van der Waals surface area contributed by atoms with Crippen LogP contribution in [0.1, 0.15) is 35.2 Å². The van der Waals surface area contributed by atoms with Gasteiger partial charge < -0.3 is 5.32 Å². The number of sulfonamides is 2. The maximum atomic E-state index is 12.9. The minimum Gasteiger partial charge on any atom is -0.322 e. The zero-order valence-corrected chi connectivity index (χ0v) is 22.0. The van der Waals surface area contributed by atoms with Crippen molar-refractivity contribution in [1.29, 1.82) is 0 Å². The summed E-state index contributed by atoms with van der Waals surface area (Å²) < 4.78 is 55.0. The average Bonchev–Trinajstić information content (AvgIpc) is 2.86. The van der Waals surface area contributed by atoms with Gasteiger partial charge in [-0.15, -0.1) is 0 Å². The fraction of sp³-hybridized carbons (Fsp3) is 0.240. The van der Waals surface area contributed by atoms with E-state index >= 15 is 0 Å². The molecular weight excluding hydrogens is 522 g/mol. The van der Waals surface area contributed by atoms with E-state index in [4.69, 9.17) is 11.6 Å². The Morgan fingerprint density at radius 1 is 0.806 bits per heavy atom. The number of anilines is 2. The van der Waals surface area contributed by atoms with Gasteiger partial charge in [0.1, 0.15) is 0 Å². The molecule has 3 aromatic rings. The summed E-state index contributed by atoms with van der Waals surface area (Å²) in [5.41, 5.74) is 1.54. The van der Waals surface area contributed by atoms with E-state index in [1.807, 2.05) is 6.92 Å². The molecule has 0 saturated carbocycles. The SMILES string of the molecule is Cc1ccc(S(=O)(=O)Nc2ccc(Cl)c(C(=O)Nc3ccc(S(=O)(=O)N4CCCCC4)cc3)c2)cc1. The second kappa shape index (κ2) is 10.6. The molecule has 8 nitrogen and oxygen atoms in total. The quantitative estimate of drug-likeness (QED) is 0.438. The molecule has 3 aromatic carbocycles. The smallest absolute Gasteiger partial charge is 0.261 e. The lowest BCUT2D eigenvalue weighted by atomic mass is 10.2. The van der Waals surface area contributed by atoms with Crippen molar-refractivity contribution < 1.29 is 21.6 Å².